The van der Waals surface area contributed by atoms with Crippen LogP contribution in [0.1, 0.15) is 0 Å². The first kappa shape index (κ1) is 11.3. The van der Waals surface area contributed by atoms with Gasteiger partial charge in [-0.15, -0.1) is 0 Å². The summed E-state index contributed by atoms with van der Waals surface area (Å²) in [7, 11) is 0. The molecule has 0 aromatic heterocycles. The molecule has 0 atom stereocenters. The van der Waals surface area contributed by atoms with Gasteiger partial charge in [-0.2, -0.15) is 0 Å². The highest BCUT2D eigenvalue weighted by Gasteiger charge is 2.14. The number of aliphatic carboxylic acids is 2. The van der Waals surface area contributed by atoms with E-state index in [-0.39, 0.29) is 10.8 Å². The van der Waals surface area contributed by atoms with Gasteiger partial charge in [0.1, 0.15) is 5.75 Å². The summed E-state index contributed by atoms with van der Waals surface area (Å²) < 4.78 is 4.61. The summed E-state index contributed by atoms with van der Waals surface area (Å²) in [5.41, 5.74) is 0. The van der Waals surface area contributed by atoms with Gasteiger partial charge in [-0.25, -0.2) is 0 Å². The Hall–Kier alpha value is -1.75. The SMILES string of the molecule is O=C([O-])C(Oc1ccccc1Cl)C(=O)[O-]. The lowest BCUT2D eigenvalue weighted by Crippen LogP contribution is -2.51. The summed E-state index contributed by atoms with van der Waals surface area (Å²) in [5, 5.41) is 20.8. The van der Waals surface area contributed by atoms with Crippen molar-refractivity contribution in [3.63, 3.8) is 0 Å². The van der Waals surface area contributed by atoms with Gasteiger partial charge in [0.05, 0.1) is 17.0 Å². The van der Waals surface area contributed by atoms with Crippen molar-refractivity contribution in [3.8, 4) is 5.75 Å². The van der Waals surface area contributed by atoms with Crippen molar-refractivity contribution in [2.24, 2.45) is 0 Å². The first-order valence-electron chi connectivity index (χ1n) is 3.85. The Balaban J connectivity index is 2.88. The van der Waals surface area contributed by atoms with Crippen LogP contribution in [-0.2, 0) is 9.59 Å². The molecule has 0 amide bonds. The molecular formula is C9H5ClO5-2. The average Bonchev–Trinajstić information content (AvgIpc) is 2.15. The molecule has 0 spiro atoms. The third kappa shape index (κ3) is 2.85. The minimum absolute atomic E-state index is 0.0578. The lowest BCUT2D eigenvalue weighted by atomic mass is 10.3. The standard InChI is InChI=1S/C9H7ClO5/c10-5-3-1-2-4-6(5)15-7(8(11)12)9(13)14/h1-4,7H,(H,11,12)(H,13,14)/p-2. The zero-order chi connectivity index (χ0) is 11.4. The molecule has 0 bridgehead atoms. The summed E-state index contributed by atoms with van der Waals surface area (Å²) >= 11 is 5.63. The second-order valence-electron chi connectivity index (χ2n) is 2.57. The minimum Gasteiger partial charge on any atom is -0.546 e. The fraction of sp³-hybridized carbons (Fsp3) is 0.111. The average molecular weight is 229 g/mol. The highest BCUT2D eigenvalue weighted by Crippen LogP contribution is 2.23. The van der Waals surface area contributed by atoms with E-state index in [9.17, 15) is 19.8 Å². The molecular weight excluding hydrogens is 224 g/mol. The number of carbonyl (C=O) groups excluding carboxylic acids is 2. The Bertz CT molecular complexity index is 376. The molecule has 0 aliphatic rings. The van der Waals surface area contributed by atoms with Crippen molar-refractivity contribution >= 4 is 23.5 Å². The van der Waals surface area contributed by atoms with E-state index < -0.39 is 18.0 Å². The summed E-state index contributed by atoms with van der Waals surface area (Å²) in [6.07, 6.45) is -2.18. The fourth-order valence-corrected chi connectivity index (χ4v) is 1.04. The van der Waals surface area contributed by atoms with E-state index in [1.54, 1.807) is 6.07 Å². The summed E-state index contributed by atoms with van der Waals surface area (Å²) in [4.78, 5) is 20.7. The van der Waals surface area contributed by atoms with Crippen molar-refractivity contribution in [2.45, 2.75) is 6.10 Å². The minimum atomic E-state index is -2.18. The predicted octanol–water partition coefficient (Wildman–Crippen LogP) is -1.41. The van der Waals surface area contributed by atoms with Crippen LogP contribution in [0, 0.1) is 0 Å². The molecule has 1 rings (SSSR count). The number of carboxylic acids is 2. The number of hydrogen-bond acceptors (Lipinski definition) is 5. The Morgan fingerprint density at radius 3 is 2.20 bits per heavy atom. The quantitative estimate of drug-likeness (QED) is 0.591. The zero-order valence-corrected chi connectivity index (χ0v) is 8.06. The number of para-hydroxylation sites is 1. The smallest absolute Gasteiger partial charge is 0.177 e. The van der Waals surface area contributed by atoms with Crippen LogP contribution in [0.3, 0.4) is 0 Å². The summed E-state index contributed by atoms with van der Waals surface area (Å²) in [5.74, 6) is -3.84. The van der Waals surface area contributed by atoms with E-state index >= 15 is 0 Å². The van der Waals surface area contributed by atoms with Crippen LogP contribution in [0.4, 0.5) is 0 Å². The van der Waals surface area contributed by atoms with Crippen LogP contribution in [0.25, 0.3) is 0 Å². The lowest BCUT2D eigenvalue weighted by molar-refractivity contribution is -0.334. The van der Waals surface area contributed by atoms with Crippen molar-refractivity contribution in [2.75, 3.05) is 0 Å². The summed E-state index contributed by atoms with van der Waals surface area (Å²) in [6, 6.07) is 5.87. The second kappa shape index (κ2) is 4.65. The van der Waals surface area contributed by atoms with Gasteiger partial charge in [0, 0.05) is 0 Å². The highest BCUT2D eigenvalue weighted by molar-refractivity contribution is 6.32. The molecule has 5 nitrogen and oxygen atoms in total. The molecule has 0 saturated carbocycles. The second-order valence-corrected chi connectivity index (χ2v) is 2.97. The lowest BCUT2D eigenvalue weighted by Gasteiger charge is -2.21. The van der Waals surface area contributed by atoms with Gasteiger partial charge in [0.15, 0.2) is 6.10 Å². The molecule has 0 N–H and O–H groups in total. The van der Waals surface area contributed by atoms with Crippen LogP contribution in [-0.4, -0.2) is 18.0 Å². The van der Waals surface area contributed by atoms with Crippen molar-refractivity contribution in [3.05, 3.63) is 29.3 Å². The Morgan fingerprint density at radius 2 is 1.73 bits per heavy atom. The Labute approximate surface area is 89.9 Å². The maximum absolute atomic E-state index is 10.4. The first-order chi connectivity index (χ1) is 7.02. The maximum Gasteiger partial charge on any atom is 0.177 e. The molecule has 0 aliphatic heterocycles. The van der Waals surface area contributed by atoms with E-state index in [0.29, 0.717) is 0 Å². The molecule has 15 heavy (non-hydrogen) atoms. The molecule has 6 heteroatoms. The number of ether oxygens (including phenoxy) is 1. The van der Waals surface area contributed by atoms with Gasteiger partial charge in [-0.3, -0.25) is 0 Å². The van der Waals surface area contributed by atoms with Gasteiger partial charge < -0.3 is 24.5 Å². The molecule has 1 aromatic rings. The number of benzene rings is 1. The van der Waals surface area contributed by atoms with E-state index in [2.05, 4.69) is 4.74 Å². The van der Waals surface area contributed by atoms with Gasteiger partial charge in [-0.1, -0.05) is 23.7 Å². The fourth-order valence-electron chi connectivity index (χ4n) is 0.860. The number of carbonyl (C=O) groups is 2. The predicted molar refractivity (Wildman–Crippen MR) is 45.9 cm³/mol. The molecule has 0 saturated heterocycles. The molecule has 0 aliphatic carbocycles. The molecule has 80 valence electrons. The van der Waals surface area contributed by atoms with Gasteiger partial charge in [0.2, 0.25) is 0 Å². The summed E-state index contributed by atoms with van der Waals surface area (Å²) in [6.45, 7) is 0. The number of halogens is 1. The molecule has 0 heterocycles. The van der Waals surface area contributed by atoms with Crippen molar-refractivity contribution < 1.29 is 24.5 Å². The van der Waals surface area contributed by atoms with Gasteiger partial charge in [-0.05, 0) is 12.1 Å². The molecule has 1 aromatic carbocycles. The highest BCUT2D eigenvalue weighted by atomic mass is 35.5. The zero-order valence-electron chi connectivity index (χ0n) is 7.31. The van der Waals surface area contributed by atoms with Crippen LogP contribution in [0.5, 0.6) is 5.75 Å². The number of carboxylic acid groups (broad SMARTS) is 2. The topological polar surface area (TPSA) is 89.5 Å². The van der Waals surface area contributed by atoms with E-state index in [4.69, 9.17) is 11.6 Å². The monoisotopic (exact) mass is 228 g/mol. The van der Waals surface area contributed by atoms with Gasteiger partial charge in [0.25, 0.3) is 0 Å². The van der Waals surface area contributed by atoms with E-state index in [1.165, 1.54) is 18.2 Å². The largest absolute Gasteiger partial charge is 0.546 e. The Kier molecular flexibility index (Phi) is 3.51. The molecule has 0 fully saturated rings. The van der Waals surface area contributed by atoms with Crippen LogP contribution < -0.4 is 14.9 Å². The molecule has 0 unspecified atom stereocenters. The van der Waals surface area contributed by atoms with Crippen LogP contribution in [0.2, 0.25) is 5.02 Å². The Morgan fingerprint density at radius 1 is 1.20 bits per heavy atom. The molecule has 0 radical (unpaired) electrons. The third-order valence-electron chi connectivity index (χ3n) is 1.51. The van der Waals surface area contributed by atoms with E-state index in [1.807, 2.05) is 0 Å². The third-order valence-corrected chi connectivity index (χ3v) is 1.82. The number of hydrogen-bond donors (Lipinski definition) is 0. The van der Waals surface area contributed by atoms with E-state index in [0.717, 1.165) is 0 Å². The van der Waals surface area contributed by atoms with Crippen LogP contribution in [0.15, 0.2) is 24.3 Å². The normalized spacial score (nSPS) is 10.0. The van der Waals surface area contributed by atoms with Gasteiger partial charge >= 0.3 is 0 Å². The van der Waals surface area contributed by atoms with Crippen LogP contribution >= 0.6 is 11.6 Å². The number of rotatable bonds is 4. The van der Waals surface area contributed by atoms with Crippen molar-refractivity contribution in [1.29, 1.82) is 0 Å². The maximum atomic E-state index is 10.4. The van der Waals surface area contributed by atoms with Crippen molar-refractivity contribution in [1.82, 2.24) is 0 Å². The first-order valence-corrected chi connectivity index (χ1v) is 4.23.